The number of halogens is 10. The molecule has 1 saturated heterocycles. The number of carbonyl (C=O) groups is 1. The number of sulfonamides is 2. The zero-order valence-electron chi connectivity index (χ0n) is 48.9. The van der Waals surface area contributed by atoms with Crippen LogP contribution in [0.3, 0.4) is 0 Å². The molecule has 85 heavy (non-hydrogen) atoms. The Morgan fingerprint density at radius 1 is 0.553 bits per heavy atom. The Morgan fingerprint density at radius 3 is 1.42 bits per heavy atom. The summed E-state index contributed by atoms with van der Waals surface area (Å²) in [5.74, 6) is -15.1. The number of ketones is 1. The van der Waals surface area contributed by atoms with Gasteiger partial charge in [-0.3, -0.25) is 4.79 Å². The van der Waals surface area contributed by atoms with Crippen molar-refractivity contribution in [2.45, 2.75) is 192 Å². The number of hydrogen-bond acceptors (Lipinski definition) is 10. The van der Waals surface area contributed by atoms with Crippen molar-refractivity contribution in [2.24, 2.45) is 39.9 Å². The molecule has 9 aliphatic rings. The van der Waals surface area contributed by atoms with Gasteiger partial charge in [0.1, 0.15) is 11.2 Å². The number of rotatable bonds is 8. The lowest BCUT2D eigenvalue weighted by Crippen LogP contribution is -2.65. The van der Waals surface area contributed by atoms with Gasteiger partial charge in [0.05, 0.1) is 28.6 Å². The Balaban J connectivity index is 0.000000192. The van der Waals surface area contributed by atoms with Gasteiger partial charge in [-0.2, -0.15) is 43.9 Å². The summed E-state index contributed by atoms with van der Waals surface area (Å²) in [4.78, 5) is 12.2. The Kier molecular flexibility index (Phi) is 15.6. The topological polar surface area (TPSA) is 171 Å². The van der Waals surface area contributed by atoms with Gasteiger partial charge in [-0.25, -0.2) is 25.4 Å². The van der Waals surface area contributed by atoms with Crippen LogP contribution >= 0.6 is 0 Å². The van der Waals surface area contributed by atoms with Crippen LogP contribution in [0.2, 0.25) is 0 Å². The molecule has 0 bridgehead atoms. The minimum atomic E-state index is -5.95. The van der Waals surface area contributed by atoms with Crippen LogP contribution in [0.4, 0.5) is 43.9 Å². The molecule has 11 atom stereocenters. The first kappa shape index (κ1) is 64.2. The Bertz CT molecular complexity index is 3320. The van der Waals surface area contributed by atoms with Gasteiger partial charge >= 0.3 is 24.2 Å². The lowest BCUT2D eigenvalue weighted by atomic mass is 9.49. The molecule has 24 heteroatoms. The standard InChI is InChI=1S/C33H44F5NO6S.C28H32F5NO4S/c1-27(2)18-44-30(45-19-27)14-11-25-26-22(10-13-29(25,40)17-30)24-12-15-31(41,32(34,35)33(36,37)38)28(24,3)16-23(26)20-6-8-21(9-7-20)46(42,43)39(4)5;1-25-15-22(16-4-8-19(9-5-16)39(37,38)34(2)3)24-20-11-7-18(35)14-17(20)6-10-21(24)23(25)12-13-26(25,36)27(29,30)28(31,32)33/h6-9,22-24,40-41H,10-19H2,1-5H3;4-5,8-9,14,21-23,36H,6-7,10-13,15H2,1-3H3/t22?,23-,24?,28+,29-,31+;21?,22-,23?,25+,26+/m11/s1. The Hall–Kier alpha value is -3.75. The van der Waals surface area contributed by atoms with E-state index in [2.05, 4.69) is 0 Å². The summed E-state index contributed by atoms with van der Waals surface area (Å²) in [6.45, 7) is 7.68. The summed E-state index contributed by atoms with van der Waals surface area (Å²) in [5.41, 5.74) is -6.30. The van der Waals surface area contributed by atoms with E-state index in [-0.39, 0.29) is 65.4 Å². The van der Waals surface area contributed by atoms with Crippen LogP contribution in [0.25, 0.3) is 0 Å². The van der Waals surface area contributed by atoms with Crippen molar-refractivity contribution in [2.75, 3.05) is 41.4 Å². The number of allylic oxidation sites excluding steroid dienone is 5. The zero-order valence-corrected chi connectivity index (χ0v) is 50.5. The predicted molar refractivity (Wildman–Crippen MR) is 292 cm³/mol. The van der Waals surface area contributed by atoms with Crippen LogP contribution in [0.5, 0.6) is 0 Å². The molecule has 6 fully saturated rings. The van der Waals surface area contributed by atoms with E-state index < -0.39 is 120 Å². The first-order chi connectivity index (χ1) is 39.0. The van der Waals surface area contributed by atoms with Crippen LogP contribution in [0.15, 0.2) is 92.3 Å². The monoisotopic (exact) mass is 1250 g/mol. The van der Waals surface area contributed by atoms with E-state index in [1.807, 2.05) is 13.8 Å². The van der Waals surface area contributed by atoms with Crippen LogP contribution < -0.4 is 0 Å². The maximum atomic E-state index is 15.3. The number of carbonyl (C=O) groups excluding carboxylic acids is 1. The molecule has 0 radical (unpaired) electrons. The molecule has 11 rings (SSSR count). The lowest BCUT2D eigenvalue weighted by molar-refractivity contribution is -0.362. The minimum Gasteiger partial charge on any atom is -0.385 e. The van der Waals surface area contributed by atoms with Crippen molar-refractivity contribution < 1.29 is 90.3 Å². The molecule has 4 unspecified atom stereocenters. The molecule has 472 valence electrons. The summed E-state index contributed by atoms with van der Waals surface area (Å²) < 4.78 is 209. The number of alkyl halides is 10. The third kappa shape index (κ3) is 9.77. The van der Waals surface area contributed by atoms with Crippen molar-refractivity contribution >= 4 is 25.8 Å². The summed E-state index contributed by atoms with van der Waals surface area (Å²) >= 11 is 0. The Morgan fingerprint density at radius 2 is 0.988 bits per heavy atom. The van der Waals surface area contributed by atoms with Gasteiger partial charge in [-0.15, -0.1) is 0 Å². The summed E-state index contributed by atoms with van der Waals surface area (Å²) in [6, 6.07) is 11.9. The van der Waals surface area contributed by atoms with E-state index >= 15 is 17.6 Å². The second kappa shape index (κ2) is 20.6. The van der Waals surface area contributed by atoms with Crippen molar-refractivity contribution in [1.29, 1.82) is 0 Å². The van der Waals surface area contributed by atoms with Crippen LogP contribution in [-0.2, 0) is 34.3 Å². The van der Waals surface area contributed by atoms with E-state index in [9.17, 15) is 63.3 Å². The smallest absolute Gasteiger partial charge is 0.385 e. The van der Waals surface area contributed by atoms with E-state index in [1.165, 1.54) is 66.3 Å². The number of aliphatic hydroxyl groups is 3. The highest BCUT2D eigenvalue weighted by Crippen LogP contribution is 2.73. The highest BCUT2D eigenvalue weighted by Gasteiger charge is 2.81. The van der Waals surface area contributed by atoms with Gasteiger partial charge in [-0.1, -0.05) is 63.1 Å². The number of ether oxygens (including phenoxy) is 2. The third-order valence-electron chi connectivity index (χ3n) is 21.8. The SMILES string of the molecule is CN(C)S(=O)(=O)c1ccc([C@H]2C[C@@]3(C)C(CC[C@@]3(O)C(F)(F)C(F)(F)F)C3CCC4=CC(=O)CCC4=C32)cc1.CN(C)S(=O)(=O)c1ccc([C@H]2C[C@@]3(C)C(CC[C@@]3(O)C(F)(F)C(F)(F)F)C3CC[C@@]4(O)CC5(CCC4=C32)OCC(C)(C)CO5)cc1. The summed E-state index contributed by atoms with van der Waals surface area (Å²) in [7, 11) is -1.96. The fourth-order valence-corrected chi connectivity index (χ4v) is 19.0. The predicted octanol–water partition coefficient (Wildman–Crippen LogP) is 11.9. The van der Waals surface area contributed by atoms with Crippen molar-refractivity contribution in [3.63, 3.8) is 0 Å². The fourth-order valence-electron chi connectivity index (χ4n) is 17.2. The van der Waals surface area contributed by atoms with E-state index in [1.54, 1.807) is 30.3 Å². The van der Waals surface area contributed by atoms with Crippen molar-refractivity contribution in [1.82, 2.24) is 8.61 Å². The molecule has 2 aromatic rings. The van der Waals surface area contributed by atoms with Gasteiger partial charge in [0.2, 0.25) is 20.0 Å². The highest BCUT2D eigenvalue weighted by atomic mass is 32.2. The van der Waals surface area contributed by atoms with Gasteiger partial charge in [0.15, 0.2) is 11.6 Å². The first-order valence-electron chi connectivity index (χ1n) is 29.1. The maximum absolute atomic E-state index is 15.3. The highest BCUT2D eigenvalue weighted by molar-refractivity contribution is 7.89. The normalized spacial score (nSPS) is 35.8. The molecule has 5 saturated carbocycles. The number of benzene rings is 2. The Labute approximate surface area is 490 Å². The molecule has 1 aliphatic heterocycles. The maximum Gasteiger partial charge on any atom is 0.456 e. The van der Waals surface area contributed by atoms with Crippen LogP contribution in [-0.4, -0.2) is 135 Å². The summed E-state index contributed by atoms with van der Waals surface area (Å²) in [6.07, 6.45) is -8.66. The molecule has 3 N–H and O–H groups in total. The second-order valence-electron chi connectivity index (χ2n) is 27.4. The van der Waals surface area contributed by atoms with E-state index in [0.29, 0.717) is 69.3 Å². The molecule has 0 amide bonds. The zero-order chi connectivity index (χ0) is 62.7. The molecule has 1 spiro atoms. The molecular weight excluding hydrogens is 1170 g/mol. The quantitative estimate of drug-likeness (QED) is 0.171. The summed E-state index contributed by atoms with van der Waals surface area (Å²) in [5, 5.41) is 35.1. The first-order valence-corrected chi connectivity index (χ1v) is 32.0. The van der Waals surface area contributed by atoms with Crippen molar-refractivity contribution in [3.8, 4) is 0 Å². The molecule has 12 nitrogen and oxygen atoms in total. The van der Waals surface area contributed by atoms with Gasteiger partial charge < -0.3 is 24.8 Å². The molecule has 0 aromatic heterocycles. The minimum absolute atomic E-state index is 0.00306. The van der Waals surface area contributed by atoms with Gasteiger partial charge in [0.25, 0.3) is 0 Å². The fraction of sp³-hybridized carbons (Fsp3) is 0.689. The van der Waals surface area contributed by atoms with E-state index in [0.717, 1.165) is 36.5 Å². The van der Waals surface area contributed by atoms with Crippen molar-refractivity contribution in [3.05, 3.63) is 93.6 Å². The number of fused-ring (bicyclic) bond motifs is 8. The number of nitrogens with zero attached hydrogens (tertiary/aromatic N) is 2. The average Bonchev–Trinajstić information content (AvgIpc) is 1.65. The number of hydrogen-bond donors (Lipinski definition) is 3. The second-order valence-corrected chi connectivity index (χ2v) is 31.7. The van der Waals surface area contributed by atoms with Gasteiger partial charge in [0, 0.05) is 75.5 Å². The molecule has 8 aliphatic carbocycles. The van der Waals surface area contributed by atoms with Crippen LogP contribution in [0.1, 0.15) is 147 Å². The van der Waals surface area contributed by atoms with Crippen LogP contribution in [0, 0.1) is 39.9 Å². The lowest BCUT2D eigenvalue weighted by Gasteiger charge is -2.59. The van der Waals surface area contributed by atoms with E-state index in [4.69, 9.17) is 9.47 Å². The average molecular weight is 1250 g/mol. The largest absolute Gasteiger partial charge is 0.456 e. The molecule has 2 aromatic carbocycles. The third-order valence-corrected chi connectivity index (χ3v) is 25.4. The molecular formula is C61H76F10N2O10S2. The molecule has 1 heterocycles. The van der Waals surface area contributed by atoms with Gasteiger partial charge in [-0.05, 0) is 159 Å².